The summed E-state index contributed by atoms with van der Waals surface area (Å²) >= 11 is 0. The first-order valence-corrected chi connectivity index (χ1v) is 4.80. The summed E-state index contributed by atoms with van der Waals surface area (Å²) in [5, 5.41) is 12.6. The van der Waals surface area contributed by atoms with Gasteiger partial charge in [0.15, 0.2) is 0 Å². The Morgan fingerprint density at radius 3 is 2.58 bits per heavy atom. The number of halogens is 1. The van der Waals surface area contributed by atoms with E-state index in [1.807, 2.05) is 0 Å². The summed E-state index contributed by atoms with van der Waals surface area (Å²) in [6, 6.07) is 0.632. The summed E-state index contributed by atoms with van der Waals surface area (Å²) in [7, 11) is 0. The van der Waals surface area contributed by atoms with Gasteiger partial charge in [0.25, 0.3) is 0 Å². The summed E-state index contributed by atoms with van der Waals surface area (Å²) < 4.78 is 0. The van der Waals surface area contributed by atoms with Crippen LogP contribution >= 0.6 is 12.4 Å². The van der Waals surface area contributed by atoms with Crippen molar-refractivity contribution in [1.82, 2.24) is 5.32 Å². The van der Waals surface area contributed by atoms with Gasteiger partial charge in [-0.3, -0.25) is 5.32 Å². The molecule has 3 unspecified atom stereocenters. The lowest BCUT2D eigenvalue weighted by molar-refractivity contribution is 0.0446. The minimum Gasteiger partial charge on any atom is -0.379 e. The molecule has 1 heterocycles. The average molecular weight is 192 g/mol. The summed E-state index contributed by atoms with van der Waals surface area (Å²) in [5.41, 5.74) is 0. The molecule has 2 nitrogen and oxygen atoms in total. The minimum absolute atomic E-state index is 0. The third-order valence-corrected chi connectivity index (χ3v) is 3.13. The van der Waals surface area contributed by atoms with Gasteiger partial charge in [0, 0.05) is 6.04 Å². The predicted octanol–water partition coefficient (Wildman–Crippen LogP) is 1.67. The van der Waals surface area contributed by atoms with E-state index < -0.39 is 0 Å². The maximum absolute atomic E-state index is 9.34. The molecule has 0 radical (unpaired) electrons. The number of aliphatic hydroxyl groups excluding tert-OH is 1. The molecule has 2 N–H and O–H groups in total. The Hall–Kier alpha value is 0.210. The largest absolute Gasteiger partial charge is 0.379 e. The van der Waals surface area contributed by atoms with E-state index in [1.165, 1.54) is 32.1 Å². The lowest BCUT2D eigenvalue weighted by Gasteiger charge is -2.38. The molecule has 2 aliphatic rings. The summed E-state index contributed by atoms with van der Waals surface area (Å²) in [5.74, 6) is 0.868. The van der Waals surface area contributed by atoms with Gasteiger partial charge in [0.1, 0.15) is 6.23 Å². The third kappa shape index (κ3) is 2.12. The van der Waals surface area contributed by atoms with E-state index in [0.717, 1.165) is 12.3 Å². The first-order chi connectivity index (χ1) is 5.36. The molecule has 0 amide bonds. The Morgan fingerprint density at radius 1 is 1.00 bits per heavy atom. The van der Waals surface area contributed by atoms with Crippen LogP contribution in [0.5, 0.6) is 0 Å². The van der Waals surface area contributed by atoms with Crippen LogP contribution in [0.1, 0.15) is 38.5 Å². The maximum atomic E-state index is 9.34. The number of rotatable bonds is 0. The van der Waals surface area contributed by atoms with E-state index in [0.29, 0.717) is 6.04 Å². The predicted molar refractivity (Wildman–Crippen MR) is 51.4 cm³/mol. The van der Waals surface area contributed by atoms with Crippen LogP contribution in [0.25, 0.3) is 0 Å². The van der Waals surface area contributed by atoms with Crippen LogP contribution in [0.4, 0.5) is 0 Å². The quantitative estimate of drug-likeness (QED) is 0.611. The first kappa shape index (κ1) is 10.3. The second-order valence-corrected chi connectivity index (χ2v) is 3.91. The molecule has 0 aromatic carbocycles. The molecule has 1 aliphatic carbocycles. The lowest BCUT2D eigenvalue weighted by atomic mass is 9.79. The highest BCUT2D eigenvalue weighted by Crippen LogP contribution is 2.31. The SMILES string of the molecule is Cl.OC1CCC2CCCCC2N1. The van der Waals surface area contributed by atoms with Crippen molar-refractivity contribution in [3.63, 3.8) is 0 Å². The van der Waals surface area contributed by atoms with Crippen molar-refractivity contribution in [3.05, 3.63) is 0 Å². The smallest absolute Gasteiger partial charge is 0.105 e. The molecule has 1 saturated heterocycles. The standard InChI is InChI=1S/C9H17NO.ClH/c11-9-6-5-7-3-1-2-4-8(7)10-9;/h7-11H,1-6H2;1H. The van der Waals surface area contributed by atoms with E-state index in [9.17, 15) is 5.11 Å². The Labute approximate surface area is 80.1 Å². The highest BCUT2D eigenvalue weighted by molar-refractivity contribution is 5.85. The molecular weight excluding hydrogens is 174 g/mol. The zero-order valence-corrected chi connectivity index (χ0v) is 8.15. The Balaban J connectivity index is 0.000000720. The van der Waals surface area contributed by atoms with Crippen molar-refractivity contribution in [1.29, 1.82) is 0 Å². The van der Waals surface area contributed by atoms with Crippen LogP contribution in [0.15, 0.2) is 0 Å². The van der Waals surface area contributed by atoms with E-state index in [4.69, 9.17) is 0 Å². The zero-order valence-electron chi connectivity index (χ0n) is 7.33. The minimum atomic E-state index is -0.214. The fraction of sp³-hybridized carbons (Fsp3) is 1.00. The molecule has 2 fully saturated rings. The third-order valence-electron chi connectivity index (χ3n) is 3.13. The van der Waals surface area contributed by atoms with Gasteiger partial charge in [0.05, 0.1) is 0 Å². The van der Waals surface area contributed by atoms with Crippen molar-refractivity contribution in [2.75, 3.05) is 0 Å². The van der Waals surface area contributed by atoms with Crippen LogP contribution in [0.2, 0.25) is 0 Å². The zero-order chi connectivity index (χ0) is 7.68. The van der Waals surface area contributed by atoms with E-state index in [2.05, 4.69) is 5.32 Å². The van der Waals surface area contributed by atoms with Crippen molar-refractivity contribution in [2.24, 2.45) is 5.92 Å². The average Bonchev–Trinajstić information content (AvgIpc) is 2.04. The van der Waals surface area contributed by atoms with Gasteiger partial charge in [-0.25, -0.2) is 0 Å². The summed E-state index contributed by atoms with van der Waals surface area (Å²) in [4.78, 5) is 0. The number of nitrogens with one attached hydrogen (secondary N) is 1. The molecule has 0 bridgehead atoms. The number of hydrogen-bond donors (Lipinski definition) is 2. The Kier molecular flexibility index (Phi) is 3.81. The highest BCUT2D eigenvalue weighted by Gasteiger charge is 2.30. The van der Waals surface area contributed by atoms with Gasteiger partial charge in [-0.15, -0.1) is 12.4 Å². The van der Waals surface area contributed by atoms with Crippen molar-refractivity contribution in [3.8, 4) is 0 Å². The van der Waals surface area contributed by atoms with Gasteiger partial charge in [-0.2, -0.15) is 0 Å². The molecule has 3 heteroatoms. The summed E-state index contributed by atoms with van der Waals surface area (Å²) in [6.07, 6.45) is 7.39. The highest BCUT2D eigenvalue weighted by atomic mass is 35.5. The Morgan fingerprint density at radius 2 is 1.75 bits per heavy atom. The van der Waals surface area contributed by atoms with Gasteiger partial charge in [0.2, 0.25) is 0 Å². The second kappa shape index (κ2) is 4.45. The fourth-order valence-electron chi connectivity index (χ4n) is 2.47. The molecule has 12 heavy (non-hydrogen) atoms. The number of fused-ring (bicyclic) bond motifs is 1. The normalized spacial score (nSPS) is 41.2. The van der Waals surface area contributed by atoms with Gasteiger partial charge in [-0.05, 0) is 31.6 Å². The van der Waals surface area contributed by atoms with Crippen LogP contribution in [-0.2, 0) is 0 Å². The summed E-state index contributed by atoms with van der Waals surface area (Å²) in [6.45, 7) is 0. The van der Waals surface area contributed by atoms with Crippen molar-refractivity contribution >= 4 is 12.4 Å². The van der Waals surface area contributed by atoms with E-state index >= 15 is 0 Å². The number of hydrogen-bond acceptors (Lipinski definition) is 2. The molecule has 1 saturated carbocycles. The lowest BCUT2D eigenvalue weighted by Crippen LogP contribution is -2.48. The van der Waals surface area contributed by atoms with Gasteiger partial charge in [-0.1, -0.05) is 12.8 Å². The van der Waals surface area contributed by atoms with Crippen molar-refractivity contribution < 1.29 is 5.11 Å². The second-order valence-electron chi connectivity index (χ2n) is 3.91. The molecule has 1 aliphatic heterocycles. The maximum Gasteiger partial charge on any atom is 0.105 e. The molecule has 0 spiro atoms. The number of piperidine rings is 1. The van der Waals surface area contributed by atoms with Gasteiger partial charge < -0.3 is 5.11 Å². The van der Waals surface area contributed by atoms with E-state index in [-0.39, 0.29) is 18.6 Å². The number of aliphatic hydroxyl groups is 1. The van der Waals surface area contributed by atoms with Crippen LogP contribution in [0.3, 0.4) is 0 Å². The molecule has 2 rings (SSSR count). The first-order valence-electron chi connectivity index (χ1n) is 4.80. The molecule has 72 valence electrons. The molecule has 3 atom stereocenters. The van der Waals surface area contributed by atoms with E-state index in [1.54, 1.807) is 0 Å². The monoisotopic (exact) mass is 191 g/mol. The molecule has 0 aromatic heterocycles. The van der Waals surface area contributed by atoms with Crippen LogP contribution < -0.4 is 5.32 Å². The molecule has 0 aromatic rings. The fourth-order valence-corrected chi connectivity index (χ4v) is 2.47. The van der Waals surface area contributed by atoms with Gasteiger partial charge >= 0.3 is 0 Å². The Bertz CT molecular complexity index is 142. The van der Waals surface area contributed by atoms with Crippen molar-refractivity contribution in [2.45, 2.75) is 50.8 Å². The topological polar surface area (TPSA) is 32.3 Å². The van der Waals surface area contributed by atoms with Crippen LogP contribution in [-0.4, -0.2) is 17.4 Å². The molecular formula is C9H18ClNO. The van der Waals surface area contributed by atoms with Crippen LogP contribution in [0, 0.1) is 5.92 Å².